The van der Waals surface area contributed by atoms with Crippen LogP contribution in [0.15, 0.2) is 54.9 Å². The van der Waals surface area contributed by atoms with Gasteiger partial charge in [-0.05, 0) is 57.8 Å². The van der Waals surface area contributed by atoms with E-state index in [-0.39, 0.29) is 0 Å². The molecule has 0 saturated carbocycles. The summed E-state index contributed by atoms with van der Waals surface area (Å²) in [6, 6.07) is 13.5. The molecule has 0 spiro atoms. The fourth-order valence-corrected chi connectivity index (χ4v) is 4.74. The van der Waals surface area contributed by atoms with E-state index < -0.39 is 7.14 Å². The van der Waals surface area contributed by atoms with Crippen LogP contribution in [0.4, 0.5) is 23.1 Å². The molecule has 0 aliphatic rings. The quantitative estimate of drug-likeness (QED) is 0.349. The van der Waals surface area contributed by atoms with Gasteiger partial charge in [-0.3, -0.25) is 4.68 Å². The van der Waals surface area contributed by atoms with Gasteiger partial charge in [0, 0.05) is 22.9 Å². The van der Waals surface area contributed by atoms with E-state index in [9.17, 15) is 4.57 Å². The molecule has 0 aliphatic carbocycles. The Morgan fingerprint density at radius 2 is 1.88 bits per heavy atom. The van der Waals surface area contributed by atoms with E-state index in [4.69, 9.17) is 11.6 Å². The number of fused-ring (bicyclic) bond motifs is 1. The molecule has 2 aromatic heterocycles. The molecular weight excluding hydrogens is 457 g/mol. The number of aromatic nitrogens is 4. The zero-order valence-corrected chi connectivity index (χ0v) is 20.7. The summed E-state index contributed by atoms with van der Waals surface area (Å²) in [5.74, 6) is 0.835. The minimum Gasteiger partial charge on any atom is -0.338 e. The number of likely N-dealkylation sites (N-methyl/N-ethyl adjacent to an activating group) is 1. The molecule has 0 aliphatic heterocycles. The average molecular weight is 484 g/mol. The molecular formula is C23H27ClN7OP. The first kappa shape index (κ1) is 23.2. The van der Waals surface area contributed by atoms with E-state index in [0.29, 0.717) is 22.5 Å². The fraction of sp³-hybridized carbons (Fsp3) is 0.261. The van der Waals surface area contributed by atoms with E-state index in [1.54, 1.807) is 19.5 Å². The summed E-state index contributed by atoms with van der Waals surface area (Å²) in [6.07, 6.45) is 3.41. The van der Waals surface area contributed by atoms with E-state index in [1.165, 1.54) is 0 Å². The zero-order chi connectivity index (χ0) is 23.6. The summed E-state index contributed by atoms with van der Waals surface area (Å²) in [7, 11) is 1.60. The van der Waals surface area contributed by atoms with Crippen molar-refractivity contribution in [2.45, 2.75) is 6.54 Å². The molecule has 0 atom stereocenters. The first-order chi connectivity index (χ1) is 15.7. The smallest absolute Gasteiger partial charge is 0.229 e. The predicted molar refractivity (Wildman–Crippen MR) is 137 cm³/mol. The summed E-state index contributed by atoms with van der Waals surface area (Å²) in [5, 5.41) is 13.1. The van der Waals surface area contributed by atoms with Crippen molar-refractivity contribution in [1.29, 1.82) is 0 Å². The molecule has 2 heterocycles. The van der Waals surface area contributed by atoms with Crippen LogP contribution >= 0.6 is 18.7 Å². The molecule has 172 valence electrons. The number of anilines is 4. The molecule has 0 unspecified atom stereocenters. The van der Waals surface area contributed by atoms with E-state index in [2.05, 4.69) is 30.6 Å². The molecule has 10 heteroatoms. The van der Waals surface area contributed by atoms with Gasteiger partial charge in [-0.15, -0.1) is 0 Å². The van der Waals surface area contributed by atoms with Gasteiger partial charge < -0.3 is 20.1 Å². The average Bonchev–Trinajstić information content (AvgIpc) is 3.16. The fourth-order valence-electron chi connectivity index (χ4n) is 3.44. The molecule has 2 N–H and O–H groups in total. The van der Waals surface area contributed by atoms with Crippen molar-refractivity contribution >= 4 is 58.1 Å². The van der Waals surface area contributed by atoms with Crippen LogP contribution in [-0.2, 0) is 11.1 Å². The molecule has 4 aromatic rings. The van der Waals surface area contributed by atoms with Crippen LogP contribution in [0.5, 0.6) is 0 Å². The lowest BCUT2D eigenvalue weighted by Gasteiger charge is -2.16. The Hall–Kier alpha value is -2.93. The van der Waals surface area contributed by atoms with Crippen molar-refractivity contribution in [3.8, 4) is 0 Å². The number of hydrogen-bond donors (Lipinski definition) is 2. The Labute approximate surface area is 198 Å². The molecule has 4 rings (SSSR count). The molecule has 0 fully saturated rings. The van der Waals surface area contributed by atoms with Crippen LogP contribution in [-0.4, -0.2) is 58.6 Å². The summed E-state index contributed by atoms with van der Waals surface area (Å²) >= 11 is 6.36. The van der Waals surface area contributed by atoms with Crippen molar-refractivity contribution in [2.75, 3.05) is 44.6 Å². The molecule has 8 nitrogen and oxygen atoms in total. The monoisotopic (exact) mass is 483 g/mol. The molecule has 0 amide bonds. The number of nitrogens with zero attached hydrogens (tertiary/aromatic N) is 5. The number of para-hydroxylation sites is 1. The lowest BCUT2D eigenvalue weighted by atomic mass is 10.2. The van der Waals surface area contributed by atoms with Gasteiger partial charge in [0.05, 0.1) is 30.1 Å². The Kier molecular flexibility index (Phi) is 6.70. The van der Waals surface area contributed by atoms with Crippen LogP contribution in [0, 0.1) is 0 Å². The second-order valence-corrected chi connectivity index (χ2v) is 12.0. The maximum atomic E-state index is 12.7. The Balaban J connectivity index is 1.59. The molecule has 0 bridgehead atoms. The third-order valence-electron chi connectivity index (χ3n) is 5.14. The van der Waals surface area contributed by atoms with Gasteiger partial charge >= 0.3 is 0 Å². The SMILES string of the molecule is CN(C)CCn1ncc2ccc(Nc3ncc(Cl)c(Nc4ccccc4P(C)(C)=O)n3)cc21. The number of nitrogens with one attached hydrogen (secondary N) is 2. The lowest BCUT2D eigenvalue weighted by molar-refractivity contribution is 0.377. The minimum absolute atomic E-state index is 0.370. The van der Waals surface area contributed by atoms with Gasteiger partial charge in [0.1, 0.15) is 12.2 Å². The molecule has 33 heavy (non-hydrogen) atoms. The Morgan fingerprint density at radius 3 is 2.64 bits per heavy atom. The third-order valence-corrected chi connectivity index (χ3v) is 6.97. The number of rotatable bonds is 8. The molecule has 2 aromatic carbocycles. The van der Waals surface area contributed by atoms with Crippen molar-refractivity contribution in [2.24, 2.45) is 0 Å². The van der Waals surface area contributed by atoms with Crippen LogP contribution in [0.1, 0.15) is 0 Å². The standard InChI is InChI=1S/C23H27ClN7OP/c1-30(2)11-12-31-20-13-17(10-9-16(20)14-26-31)27-23-25-15-18(24)22(29-23)28-19-7-5-6-8-21(19)33(3,4)32/h5-10,13-15H,11-12H2,1-4H3,(H2,25,27,28,29). The highest BCUT2D eigenvalue weighted by atomic mass is 35.5. The molecule has 0 radical (unpaired) electrons. The maximum absolute atomic E-state index is 12.7. The van der Waals surface area contributed by atoms with Gasteiger partial charge in [-0.25, -0.2) is 4.98 Å². The minimum atomic E-state index is -2.48. The summed E-state index contributed by atoms with van der Waals surface area (Å²) in [4.78, 5) is 11.0. The highest BCUT2D eigenvalue weighted by Crippen LogP contribution is 2.38. The second-order valence-electron chi connectivity index (χ2n) is 8.45. The summed E-state index contributed by atoms with van der Waals surface area (Å²) in [6.45, 7) is 5.17. The summed E-state index contributed by atoms with van der Waals surface area (Å²) < 4.78 is 14.7. The van der Waals surface area contributed by atoms with Gasteiger partial charge in [-0.2, -0.15) is 10.1 Å². The lowest BCUT2D eigenvalue weighted by Crippen LogP contribution is -2.18. The van der Waals surface area contributed by atoms with Crippen molar-refractivity contribution in [3.05, 3.63) is 59.9 Å². The van der Waals surface area contributed by atoms with Crippen molar-refractivity contribution in [3.63, 3.8) is 0 Å². The van der Waals surface area contributed by atoms with E-state index >= 15 is 0 Å². The van der Waals surface area contributed by atoms with Crippen LogP contribution in [0.3, 0.4) is 0 Å². The second kappa shape index (κ2) is 9.51. The topological polar surface area (TPSA) is 88.0 Å². The highest BCUT2D eigenvalue weighted by Gasteiger charge is 2.17. The van der Waals surface area contributed by atoms with Gasteiger partial charge in [0.15, 0.2) is 5.82 Å². The first-order valence-electron chi connectivity index (χ1n) is 10.5. The molecule has 0 saturated heterocycles. The van der Waals surface area contributed by atoms with Gasteiger partial charge in [0.25, 0.3) is 0 Å². The van der Waals surface area contributed by atoms with Gasteiger partial charge in [0.2, 0.25) is 5.95 Å². The maximum Gasteiger partial charge on any atom is 0.229 e. The zero-order valence-electron chi connectivity index (χ0n) is 19.1. The number of benzene rings is 2. The van der Waals surface area contributed by atoms with Crippen molar-refractivity contribution in [1.82, 2.24) is 24.6 Å². The number of halogens is 1. The Morgan fingerprint density at radius 1 is 1.09 bits per heavy atom. The largest absolute Gasteiger partial charge is 0.338 e. The first-order valence-corrected chi connectivity index (χ1v) is 13.5. The highest BCUT2D eigenvalue weighted by molar-refractivity contribution is 7.70. The van der Waals surface area contributed by atoms with Crippen molar-refractivity contribution < 1.29 is 4.57 Å². The number of hydrogen-bond acceptors (Lipinski definition) is 7. The van der Waals surface area contributed by atoms with Crippen LogP contribution < -0.4 is 15.9 Å². The van der Waals surface area contributed by atoms with E-state index in [1.807, 2.05) is 67.4 Å². The third kappa shape index (κ3) is 5.53. The normalized spacial score (nSPS) is 11.8. The van der Waals surface area contributed by atoms with E-state index in [0.717, 1.165) is 35.0 Å². The van der Waals surface area contributed by atoms with Crippen LogP contribution in [0.2, 0.25) is 5.02 Å². The van der Waals surface area contributed by atoms with Crippen LogP contribution in [0.25, 0.3) is 10.9 Å². The summed E-state index contributed by atoms with van der Waals surface area (Å²) in [5.41, 5.74) is 2.59. The Bertz CT molecular complexity index is 1330. The predicted octanol–water partition coefficient (Wildman–Crippen LogP) is 4.78. The van der Waals surface area contributed by atoms with Gasteiger partial charge in [-0.1, -0.05) is 23.7 Å².